The van der Waals surface area contributed by atoms with Gasteiger partial charge in [-0.15, -0.1) is 0 Å². The molecule has 3 heterocycles. The number of benzene rings is 1. The molecule has 6 heteroatoms. The van der Waals surface area contributed by atoms with Crippen LogP contribution in [-0.2, 0) is 13.2 Å². The lowest BCUT2D eigenvalue weighted by molar-refractivity contribution is 0.0626. The number of amides is 1. The van der Waals surface area contributed by atoms with Gasteiger partial charge in [-0.3, -0.25) is 9.48 Å². The Bertz CT molecular complexity index is 692. The predicted molar refractivity (Wildman–Crippen MR) is 85.3 cm³/mol. The number of para-hydroxylation sites is 1. The molecule has 0 saturated carbocycles. The van der Waals surface area contributed by atoms with E-state index in [2.05, 4.69) is 10.4 Å². The minimum absolute atomic E-state index is 0.0865. The number of fused-ring (bicyclic) bond motifs is 1. The van der Waals surface area contributed by atoms with Gasteiger partial charge in [0.15, 0.2) is 0 Å². The molecular formula is C17H20N4O2. The fraction of sp³-hybridized carbons (Fsp3) is 0.412. The van der Waals surface area contributed by atoms with E-state index in [4.69, 9.17) is 4.74 Å². The minimum Gasteiger partial charge on any atom is -0.487 e. The summed E-state index contributed by atoms with van der Waals surface area (Å²) in [6.45, 7) is 3.75. The maximum atomic E-state index is 12.7. The highest BCUT2D eigenvalue weighted by Gasteiger charge is 2.32. The SMILES string of the molecule is O=C1c2cc(COc3ccccc3)nn2CCN1[C@H]1CCNC1. The normalized spacial score (nSPS) is 20.6. The van der Waals surface area contributed by atoms with Gasteiger partial charge < -0.3 is 15.0 Å². The highest BCUT2D eigenvalue weighted by Crippen LogP contribution is 2.20. The molecule has 1 atom stereocenters. The molecular weight excluding hydrogens is 292 g/mol. The van der Waals surface area contributed by atoms with E-state index < -0.39 is 0 Å². The molecule has 1 aromatic heterocycles. The average Bonchev–Trinajstić information content (AvgIpc) is 3.24. The zero-order chi connectivity index (χ0) is 15.6. The van der Waals surface area contributed by atoms with Crippen LogP contribution < -0.4 is 10.1 Å². The molecule has 1 aromatic carbocycles. The maximum absolute atomic E-state index is 12.7. The Balaban J connectivity index is 1.47. The fourth-order valence-corrected chi connectivity index (χ4v) is 3.26. The number of rotatable bonds is 4. The Labute approximate surface area is 135 Å². The van der Waals surface area contributed by atoms with Crippen molar-refractivity contribution in [1.29, 1.82) is 0 Å². The molecule has 6 nitrogen and oxygen atoms in total. The van der Waals surface area contributed by atoms with Gasteiger partial charge in [0.1, 0.15) is 23.7 Å². The number of hydrogen-bond donors (Lipinski definition) is 1. The Morgan fingerprint density at radius 2 is 2.13 bits per heavy atom. The second-order valence-electron chi connectivity index (χ2n) is 5.99. The van der Waals surface area contributed by atoms with Crippen LogP contribution in [0.4, 0.5) is 0 Å². The molecule has 2 aliphatic rings. The molecule has 0 radical (unpaired) electrons. The summed E-state index contributed by atoms with van der Waals surface area (Å²) >= 11 is 0. The van der Waals surface area contributed by atoms with E-state index in [0.717, 1.165) is 44.0 Å². The second-order valence-corrected chi connectivity index (χ2v) is 5.99. The quantitative estimate of drug-likeness (QED) is 0.924. The highest BCUT2D eigenvalue weighted by atomic mass is 16.5. The van der Waals surface area contributed by atoms with Gasteiger partial charge in [-0.05, 0) is 31.2 Å². The number of nitrogens with zero attached hydrogens (tertiary/aromatic N) is 3. The average molecular weight is 312 g/mol. The van der Waals surface area contributed by atoms with Gasteiger partial charge in [-0.2, -0.15) is 5.10 Å². The highest BCUT2D eigenvalue weighted by molar-refractivity contribution is 5.93. The number of carbonyl (C=O) groups is 1. The predicted octanol–water partition coefficient (Wildman–Crippen LogP) is 1.28. The third kappa shape index (κ3) is 2.82. The summed E-state index contributed by atoms with van der Waals surface area (Å²) in [5, 5.41) is 7.83. The molecule has 0 bridgehead atoms. The zero-order valence-electron chi connectivity index (χ0n) is 12.9. The molecule has 23 heavy (non-hydrogen) atoms. The Kier molecular flexibility index (Phi) is 3.75. The zero-order valence-corrected chi connectivity index (χ0v) is 12.9. The van der Waals surface area contributed by atoms with Crippen LogP contribution in [-0.4, -0.2) is 46.3 Å². The third-order valence-corrected chi connectivity index (χ3v) is 4.47. The Morgan fingerprint density at radius 1 is 1.26 bits per heavy atom. The standard InChI is InChI=1S/C17H20N4O2/c22-17-16-10-13(12-23-15-4-2-1-3-5-15)19-21(16)9-8-20(17)14-6-7-18-11-14/h1-5,10,14,18H,6-9,11-12H2/t14-/m0/s1. The summed E-state index contributed by atoms with van der Waals surface area (Å²) in [6, 6.07) is 11.8. The molecule has 0 unspecified atom stereocenters. The van der Waals surface area contributed by atoms with Gasteiger partial charge in [0.05, 0.1) is 6.54 Å². The number of nitrogens with one attached hydrogen (secondary N) is 1. The molecule has 2 aliphatic heterocycles. The van der Waals surface area contributed by atoms with Crippen molar-refractivity contribution >= 4 is 5.91 Å². The molecule has 1 saturated heterocycles. The van der Waals surface area contributed by atoms with Crippen LogP contribution >= 0.6 is 0 Å². The summed E-state index contributed by atoms with van der Waals surface area (Å²) in [5.74, 6) is 0.895. The van der Waals surface area contributed by atoms with Crippen molar-refractivity contribution in [2.45, 2.75) is 25.6 Å². The van der Waals surface area contributed by atoms with Gasteiger partial charge in [0, 0.05) is 19.1 Å². The van der Waals surface area contributed by atoms with Crippen LogP contribution in [0.5, 0.6) is 5.75 Å². The van der Waals surface area contributed by atoms with Crippen LogP contribution in [0.1, 0.15) is 22.6 Å². The van der Waals surface area contributed by atoms with E-state index in [0.29, 0.717) is 18.3 Å². The van der Waals surface area contributed by atoms with Crippen molar-refractivity contribution in [2.24, 2.45) is 0 Å². The van der Waals surface area contributed by atoms with Crippen LogP contribution in [0.2, 0.25) is 0 Å². The van der Waals surface area contributed by atoms with Crippen molar-refractivity contribution in [1.82, 2.24) is 20.0 Å². The summed E-state index contributed by atoms with van der Waals surface area (Å²) in [7, 11) is 0. The van der Waals surface area contributed by atoms with Crippen molar-refractivity contribution in [3.63, 3.8) is 0 Å². The van der Waals surface area contributed by atoms with Crippen molar-refractivity contribution in [2.75, 3.05) is 19.6 Å². The molecule has 120 valence electrons. The monoisotopic (exact) mass is 312 g/mol. The van der Waals surface area contributed by atoms with Gasteiger partial charge in [0.25, 0.3) is 5.91 Å². The van der Waals surface area contributed by atoms with Gasteiger partial charge in [0.2, 0.25) is 0 Å². The summed E-state index contributed by atoms with van der Waals surface area (Å²) in [6.07, 6.45) is 1.03. The first-order valence-corrected chi connectivity index (χ1v) is 8.07. The van der Waals surface area contributed by atoms with Crippen LogP contribution in [0.15, 0.2) is 36.4 Å². The van der Waals surface area contributed by atoms with Gasteiger partial charge in [-0.25, -0.2) is 0 Å². The van der Waals surface area contributed by atoms with Crippen molar-refractivity contribution in [3.05, 3.63) is 47.8 Å². The van der Waals surface area contributed by atoms with E-state index in [-0.39, 0.29) is 5.91 Å². The van der Waals surface area contributed by atoms with Crippen LogP contribution in [0, 0.1) is 0 Å². The molecule has 1 fully saturated rings. The lowest BCUT2D eigenvalue weighted by atomic mass is 10.1. The molecule has 0 spiro atoms. The number of ether oxygens (including phenoxy) is 1. The van der Waals surface area contributed by atoms with E-state index in [1.165, 1.54) is 0 Å². The Hall–Kier alpha value is -2.34. The largest absolute Gasteiger partial charge is 0.487 e. The summed E-state index contributed by atoms with van der Waals surface area (Å²) < 4.78 is 7.53. The van der Waals surface area contributed by atoms with Crippen molar-refractivity contribution in [3.8, 4) is 5.75 Å². The number of carbonyl (C=O) groups excluding carboxylic acids is 1. The van der Waals surface area contributed by atoms with Gasteiger partial charge >= 0.3 is 0 Å². The van der Waals surface area contributed by atoms with E-state index in [1.807, 2.05) is 46.0 Å². The first-order chi connectivity index (χ1) is 11.3. The summed E-state index contributed by atoms with van der Waals surface area (Å²) in [5.41, 5.74) is 1.47. The molecule has 1 N–H and O–H groups in total. The maximum Gasteiger partial charge on any atom is 0.272 e. The van der Waals surface area contributed by atoms with E-state index in [9.17, 15) is 4.79 Å². The summed E-state index contributed by atoms with van der Waals surface area (Å²) in [4.78, 5) is 14.7. The van der Waals surface area contributed by atoms with Gasteiger partial charge in [-0.1, -0.05) is 18.2 Å². The van der Waals surface area contributed by atoms with Crippen LogP contribution in [0.25, 0.3) is 0 Å². The van der Waals surface area contributed by atoms with Crippen LogP contribution in [0.3, 0.4) is 0 Å². The first-order valence-electron chi connectivity index (χ1n) is 8.07. The molecule has 4 rings (SSSR count). The number of aromatic nitrogens is 2. The number of hydrogen-bond acceptors (Lipinski definition) is 4. The lowest BCUT2D eigenvalue weighted by Crippen LogP contribution is -2.47. The molecule has 0 aliphatic carbocycles. The first kappa shape index (κ1) is 14.3. The van der Waals surface area contributed by atoms with E-state index in [1.54, 1.807) is 0 Å². The van der Waals surface area contributed by atoms with E-state index >= 15 is 0 Å². The molecule has 2 aromatic rings. The molecule has 1 amide bonds. The van der Waals surface area contributed by atoms with Crippen molar-refractivity contribution < 1.29 is 9.53 Å². The smallest absolute Gasteiger partial charge is 0.272 e. The minimum atomic E-state index is 0.0865. The second kappa shape index (κ2) is 6.04. The lowest BCUT2D eigenvalue weighted by Gasteiger charge is -2.32. The Morgan fingerprint density at radius 3 is 2.91 bits per heavy atom. The fourth-order valence-electron chi connectivity index (χ4n) is 3.26. The topological polar surface area (TPSA) is 59.4 Å². The third-order valence-electron chi connectivity index (χ3n) is 4.47.